The first-order valence-electron chi connectivity index (χ1n) is 8.28. The van der Waals surface area contributed by atoms with Crippen LogP contribution in [0.5, 0.6) is 0 Å². The third kappa shape index (κ3) is 22.8. The minimum absolute atomic E-state index is 0.330. The molecule has 0 unspecified atom stereocenters. The van der Waals surface area contributed by atoms with Crippen LogP contribution in [0.3, 0.4) is 0 Å². The van der Waals surface area contributed by atoms with Gasteiger partial charge in [0.1, 0.15) is 0 Å². The molecule has 0 fully saturated rings. The molecular formula is C15H31NaO5S. The van der Waals surface area contributed by atoms with Crippen LogP contribution in [0.1, 0.15) is 71.1 Å². The van der Waals surface area contributed by atoms with Crippen molar-refractivity contribution in [3.63, 3.8) is 0 Å². The van der Waals surface area contributed by atoms with Gasteiger partial charge in [0.25, 0.3) is 10.1 Å². The molecule has 0 saturated heterocycles. The summed E-state index contributed by atoms with van der Waals surface area (Å²) in [6, 6.07) is 0. The van der Waals surface area contributed by atoms with Crippen LogP contribution in [0.15, 0.2) is 0 Å². The van der Waals surface area contributed by atoms with E-state index in [0.29, 0.717) is 3.03 Å². The van der Waals surface area contributed by atoms with Gasteiger partial charge in [-0.2, -0.15) is 8.42 Å². The number of unbranched alkanes of at least 4 members (excludes halogenated alkanes) is 8. The molecule has 22 heavy (non-hydrogen) atoms. The molecule has 0 aromatic carbocycles. The Morgan fingerprint density at radius 3 is 1.77 bits per heavy atom. The molecule has 0 spiro atoms. The van der Waals surface area contributed by atoms with Gasteiger partial charge in [-0.15, -0.1) is 0 Å². The monoisotopic (exact) mass is 346 g/mol. The summed E-state index contributed by atoms with van der Waals surface area (Å²) >= 11 is 0.751. The molecule has 0 amide bonds. The summed E-state index contributed by atoms with van der Waals surface area (Å²) in [6.07, 6.45) is 12.9. The van der Waals surface area contributed by atoms with Crippen LogP contribution >= 0.6 is 0 Å². The fourth-order valence-corrected chi connectivity index (χ4v) is 2.62. The van der Waals surface area contributed by atoms with Crippen molar-refractivity contribution in [3.05, 3.63) is 0 Å². The van der Waals surface area contributed by atoms with E-state index < -0.39 is 16.7 Å². The predicted molar refractivity (Wildman–Crippen MR) is 90.5 cm³/mol. The number of carbonyl (C=O) groups is 1. The molecular weight excluding hydrogens is 315 g/mol. The summed E-state index contributed by atoms with van der Waals surface area (Å²) in [7, 11) is -2.36. The van der Waals surface area contributed by atoms with Crippen molar-refractivity contribution in [2.75, 3.05) is 19.5 Å². The second-order valence-corrected chi connectivity index (χ2v) is 8.40. The molecule has 7 heteroatoms. The molecule has 0 heterocycles. The summed E-state index contributed by atoms with van der Waals surface area (Å²) < 4.78 is 24.9. The van der Waals surface area contributed by atoms with Crippen molar-refractivity contribution in [1.29, 1.82) is 0 Å². The Morgan fingerprint density at radius 2 is 1.45 bits per heavy atom. The van der Waals surface area contributed by atoms with Crippen molar-refractivity contribution in [1.82, 2.24) is 0 Å². The minimum Gasteiger partial charge on any atom is -0.395 e. The maximum absolute atomic E-state index is 10.7. The zero-order chi connectivity index (χ0) is 17.3. The average Bonchev–Trinajstić information content (AvgIpc) is 2.46. The first-order valence-corrected chi connectivity index (χ1v) is 10.9. The van der Waals surface area contributed by atoms with Gasteiger partial charge in [-0.25, -0.2) is 0 Å². The quantitative estimate of drug-likeness (QED) is 0.315. The third-order valence-corrected chi connectivity index (χ3v) is 4.92. The first-order chi connectivity index (χ1) is 10.4. The van der Waals surface area contributed by atoms with Crippen LogP contribution in [0.2, 0.25) is 0 Å². The van der Waals surface area contributed by atoms with Crippen LogP contribution in [0, 0.1) is 0 Å². The molecule has 0 radical (unpaired) electrons. The second kappa shape index (κ2) is 17.9. The van der Waals surface area contributed by atoms with Gasteiger partial charge in [0, 0.05) is 0 Å². The molecule has 0 aromatic rings. The number of carbonyl (C=O) groups excluding carboxylic acids is 1. The van der Waals surface area contributed by atoms with E-state index in [1.165, 1.54) is 51.4 Å². The fourth-order valence-electron chi connectivity index (χ4n) is 1.88. The molecule has 5 nitrogen and oxygen atoms in total. The van der Waals surface area contributed by atoms with Gasteiger partial charge in [-0.05, 0) is 0 Å². The van der Waals surface area contributed by atoms with Crippen molar-refractivity contribution < 1.29 is 22.5 Å². The number of aliphatic hydroxyl groups excluding tert-OH is 1. The Morgan fingerprint density at radius 1 is 1.00 bits per heavy atom. The van der Waals surface area contributed by atoms with E-state index in [-0.39, 0.29) is 5.75 Å². The molecule has 0 atom stereocenters. The van der Waals surface area contributed by atoms with Crippen molar-refractivity contribution >= 4 is 41.1 Å². The largest absolute Gasteiger partial charge is 0.395 e. The second-order valence-electron chi connectivity index (χ2n) is 5.43. The molecule has 0 aliphatic carbocycles. The summed E-state index contributed by atoms with van der Waals surface area (Å²) in [5.41, 5.74) is 0. The van der Waals surface area contributed by atoms with Crippen LogP contribution in [-0.4, -0.2) is 64.0 Å². The average molecular weight is 346 g/mol. The SMILES string of the molecule is CCCCCCCCCCC[C](=O)[Na].COS(=O)(=O)CCO. The Labute approximate surface area is 153 Å². The van der Waals surface area contributed by atoms with Crippen molar-refractivity contribution in [2.45, 2.75) is 71.1 Å². The smallest absolute Gasteiger partial charge is 0.269 e. The number of hydrogen-bond donors (Lipinski definition) is 1. The van der Waals surface area contributed by atoms with E-state index in [4.69, 9.17) is 5.11 Å². The molecule has 0 saturated carbocycles. The Hall–Kier alpha value is 0.540. The van der Waals surface area contributed by atoms with E-state index in [0.717, 1.165) is 47.9 Å². The topological polar surface area (TPSA) is 80.7 Å². The summed E-state index contributed by atoms with van der Waals surface area (Å²) in [6.45, 7) is 1.86. The summed E-state index contributed by atoms with van der Waals surface area (Å²) in [5, 5.41) is 8.07. The van der Waals surface area contributed by atoms with Gasteiger partial charge >= 0.3 is 107 Å². The number of rotatable bonds is 13. The Balaban J connectivity index is 0. The van der Waals surface area contributed by atoms with Crippen LogP contribution < -0.4 is 0 Å². The van der Waals surface area contributed by atoms with Crippen molar-refractivity contribution in [3.8, 4) is 0 Å². The fraction of sp³-hybridized carbons (Fsp3) is 0.933. The van der Waals surface area contributed by atoms with Crippen LogP contribution in [0.4, 0.5) is 0 Å². The molecule has 128 valence electrons. The molecule has 0 aliphatic rings. The summed E-state index contributed by atoms with van der Waals surface area (Å²) in [4.78, 5) is 10.7. The van der Waals surface area contributed by atoms with Gasteiger partial charge in [-0.3, -0.25) is 4.18 Å². The number of hydrogen-bond acceptors (Lipinski definition) is 5. The number of aliphatic hydroxyl groups is 1. The summed E-state index contributed by atoms with van der Waals surface area (Å²) in [5.74, 6) is -0.330. The van der Waals surface area contributed by atoms with Gasteiger partial charge in [0.05, 0.1) is 19.5 Å². The third-order valence-electron chi connectivity index (χ3n) is 3.23. The molecule has 0 bridgehead atoms. The maximum atomic E-state index is 10.7. The first kappa shape index (κ1) is 24.8. The zero-order valence-corrected chi connectivity index (χ0v) is 17.3. The zero-order valence-electron chi connectivity index (χ0n) is 14.5. The van der Waals surface area contributed by atoms with Gasteiger partial charge in [0.2, 0.25) is 0 Å². The standard InChI is InChI=1S/C12H23O.C3H8O4S.Na/c1-2-3-4-5-6-7-8-9-10-11-12-13;1-7-8(5,6)3-2-4;/h2-11H2,1H3;4H,2-3H2,1H3;. The van der Waals surface area contributed by atoms with E-state index in [9.17, 15) is 13.2 Å². The van der Waals surface area contributed by atoms with Gasteiger partial charge in [0.15, 0.2) is 0 Å². The molecule has 0 aromatic heterocycles. The van der Waals surface area contributed by atoms with E-state index in [1.54, 1.807) is 0 Å². The maximum Gasteiger partial charge on any atom is 0.269 e. The van der Waals surface area contributed by atoms with E-state index in [2.05, 4.69) is 11.1 Å². The van der Waals surface area contributed by atoms with Gasteiger partial charge < -0.3 is 5.11 Å². The Bertz CT molecular complexity index is 344. The normalized spacial score (nSPS) is 11.0. The molecule has 1 N–H and O–H groups in total. The van der Waals surface area contributed by atoms with Crippen LogP contribution in [-0.2, 0) is 19.1 Å². The molecule has 0 rings (SSSR count). The molecule has 0 aliphatic heterocycles. The van der Waals surface area contributed by atoms with Crippen molar-refractivity contribution in [2.24, 2.45) is 0 Å². The van der Waals surface area contributed by atoms with Crippen LogP contribution in [0.25, 0.3) is 0 Å². The van der Waals surface area contributed by atoms with E-state index in [1.807, 2.05) is 0 Å². The van der Waals surface area contributed by atoms with E-state index >= 15 is 0 Å². The predicted octanol–water partition coefficient (Wildman–Crippen LogP) is 2.56. The minimum atomic E-state index is -3.42. The van der Waals surface area contributed by atoms with Gasteiger partial charge in [-0.1, -0.05) is 0 Å². The Kier molecular flexibility index (Phi) is 20.2.